The van der Waals surface area contributed by atoms with Crippen LogP contribution in [0.1, 0.15) is 26.3 Å². The lowest BCUT2D eigenvalue weighted by Gasteiger charge is -2.21. The molecule has 0 aliphatic rings. The molecule has 0 aliphatic heterocycles. The Morgan fingerprint density at radius 1 is 1.00 bits per heavy atom. The van der Waals surface area contributed by atoms with Crippen molar-refractivity contribution in [2.75, 3.05) is 24.8 Å². The van der Waals surface area contributed by atoms with Gasteiger partial charge in [0, 0.05) is 35.2 Å². The third kappa shape index (κ3) is 6.11. The van der Waals surface area contributed by atoms with Gasteiger partial charge in [0.05, 0.1) is 12.8 Å². The van der Waals surface area contributed by atoms with Gasteiger partial charge in [0.2, 0.25) is 0 Å². The van der Waals surface area contributed by atoms with E-state index in [4.69, 9.17) is 4.74 Å². The summed E-state index contributed by atoms with van der Waals surface area (Å²) >= 11 is 3.52. The minimum atomic E-state index is -0.335. The van der Waals surface area contributed by atoms with Crippen molar-refractivity contribution >= 4 is 56.5 Å². The quantitative estimate of drug-likeness (QED) is 0.281. The van der Waals surface area contributed by atoms with E-state index in [9.17, 15) is 4.79 Å². The number of amides is 2. The van der Waals surface area contributed by atoms with Gasteiger partial charge in [-0.25, -0.2) is 4.79 Å². The fraction of sp³-hybridized carbons (Fsp3) is 0.200. The number of carbonyl (C=O) groups is 1. The Kier molecular flexibility index (Phi) is 9.28. The van der Waals surface area contributed by atoms with Gasteiger partial charge < -0.3 is 15.4 Å². The average Bonchev–Trinajstić information content (AvgIpc) is 2.80. The Hall–Kier alpha value is -3.32. The molecule has 3 aromatic carbocycles. The molecule has 168 valence electrons. The van der Waals surface area contributed by atoms with Gasteiger partial charge in [-0.15, -0.1) is 0 Å². The molecule has 0 aromatic heterocycles. The van der Waals surface area contributed by atoms with Crippen LogP contribution in [0.25, 0.3) is 16.5 Å². The van der Waals surface area contributed by atoms with Crippen LogP contribution in [0.4, 0.5) is 16.2 Å². The summed E-state index contributed by atoms with van der Waals surface area (Å²) in [5.74, 6) is 0.653. The summed E-state index contributed by atoms with van der Waals surface area (Å²) in [6, 6.07) is 18.9. The number of hydrogen-bond donors (Lipinski definition) is 2. The van der Waals surface area contributed by atoms with Gasteiger partial charge >= 0.3 is 6.03 Å². The lowest BCUT2D eigenvalue weighted by Crippen LogP contribution is -2.19. The van der Waals surface area contributed by atoms with Crippen LogP contribution in [-0.4, -0.2) is 31.9 Å². The Labute approximate surface area is 198 Å². The van der Waals surface area contributed by atoms with Gasteiger partial charge in [-0.2, -0.15) is 5.10 Å². The molecule has 3 rings (SSSR count). The number of hydrazone groups is 1. The molecule has 3 aromatic rings. The lowest BCUT2D eigenvalue weighted by atomic mass is 10.1. The molecule has 0 fully saturated rings. The van der Waals surface area contributed by atoms with Crippen molar-refractivity contribution in [1.29, 1.82) is 0 Å². The zero-order valence-electron chi connectivity index (χ0n) is 19.1. The average molecular weight is 497 g/mol. The standard InChI is InChI=1S/C23H23BrN4O2.C2H6/c1-15(24)22(28(3)25-2)20-14-19(11-12-21(20)30-4)27-23(29)26-18-10-9-16-7-5-6-8-17(16)13-18;1-2/h5-14H,2H2,1,3-4H3,(H2,26,27,29);1-2H3/b22-15+;. The highest BCUT2D eigenvalue weighted by molar-refractivity contribution is 9.11. The molecular formula is C25H29BrN4O2. The van der Waals surface area contributed by atoms with Crippen LogP contribution in [0.3, 0.4) is 0 Å². The van der Waals surface area contributed by atoms with E-state index >= 15 is 0 Å². The predicted octanol–water partition coefficient (Wildman–Crippen LogP) is 7.15. The van der Waals surface area contributed by atoms with Crippen molar-refractivity contribution < 1.29 is 9.53 Å². The van der Waals surface area contributed by atoms with Crippen molar-refractivity contribution in [3.8, 4) is 5.75 Å². The number of allylic oxidation sites excluding steroid dienone is 1. The fourth-order valence-corrected chi connectivity index (χ4v) is 3.66. The van der Waals surface area contributed by atoms with E-state index in [1.165, 1.54) is 0 Å². The number of carbonyl (C=O) groups excluding carboxylic acids is 1. The van der Waals surface area contributed by atoms with Crippen LogP contribution < -0.4 is 15.4 Å². The Morgan fingerprint density at radius 2 is 1.59 bits per heavy atom. The number of fused-ring (bicyclic) bond motifs is 1. The monoisotopic (exact) mass is 496 g/mol. The van der Waals surface area contributed by atoms with Crippen LogP contribution >= 0.6 is 15.9 Å². The van der Waals surface area contributed by atoms with E-state index in [2.05, 4.69) is 38.4 Å². The number of hydrogen-bond acceptors (Lipinski definition) is 4. The Morgan fingerprint density at radius 3 is 2.19 bits per heavy atom. The maximum absolute atomic E-state index is 12.6. The van der Waals surface area contributed by atoms with E-state index in [-0.39, 0.29) is 6.03 Å². The second-order valence-electron chi connectivity index (χ2n) is 6.60. The summed E-state index contributed by atoms with van der Waals surface area (Å²) in [5, 5.41) is 13.5. The van der Waals surface area contributed by atoms with Crippen LogP contribution in [0.2, 0.25) is 0 Å². The molecule has 0 radical (unpaired) electrons. The third-order valence-electron chi connectivity index (χ3n) is 4.58. The van der Waals surface area contributed by atoms with Crippen LogP contribution in [-0.2, 0) is 0 Å². The first kappa shape index (κ1) is 24.9. The van der Waals surface area contributed by atoms with E-state index < -0.39 is 0 Å². The zero-order valence-corrected chi connectivity index (χ0v) is 20.7. The molecule has 32 heavy (non-hydrogen) atoms. The van der Waals surface area contributed by atoms with Gasteiger partial charge in [0.25, 0.3) is 0 Å². The lowest BCUT2D eigenvalue weighted by molar-refractivity contribution is 0.262. The molecule has 0 atom stereocenters. The first-order chi connectivity index (χ1) is 15.4. The summed E-state index contributed by atoms with van der Waals surface area (Å²) < 4.78 is 6.35. The van der Waals surface area contributed by atoms with Crippen molar-refractivity contribution in [2.24, 2.45) is 5.10 Å². The third-order valence-corrected chi connectivity index (χ3v) is 4.96. The summed E-state index contributed by atoms with van der Waals surface area (Å²) in [4.78, 5) is 12.6. The summed E-state index contributed by atoms with van der Waals surface area (Å²) in [6.07, 6.45) is 0. The van der Waals surface area contributed by atoms with E-state index in [1.807, 2.05) is 69.3 Å². The summed E-state index contributed by atoms with van der Waals surface area (Å²) in [6.45, 7) is 9.49. The molecule has 7 heteroatoms. The van der Waals surface area contributed by atoms with Crippen molar-refractivity contribution in [3.05, 3.63) is 70.7 Å². The first-order valence-electron chi connectivity index (χ1n) is 10.2. The molecule has 6 nitrogen and oxygen atoms in total. The largest absolute Gasteiger partial charge is 0.496 e. The number of methoxy groups -OCH3 is 1. The molecule has 2 N–H and O–H groups in total. The highest BCUT2D eigenvalue weighted by Crippen LogP contribution is 2.34. The van der Waals surface area contributed by atoms with E-state index in [0.717, 1.165) is 26.5 Å². The van der Waals surface area contributed by atoms with Crippen molar-refractivity contribution in [3.63, 3.8) is 0 Å². The van der Waals surface area contributed by atoms with Gasteiger partial charge in [0.15, 0.2) is 0 Å². The highest BCUT2D eigenvalue weighted by atomic mass is 79.9. The second kappa shape index (κ2) is 11.9. The minimum absolute atomic E-state index is 0.335. The Bertz CT molecular complexity index is 1120. The number of nitrogens with zero attached hydrogens (tertiary/aromatic N) is 2. The first-order valence-corrected chi connectivity index (χ1v) is 11.0. The second-order valence-corrected chi connectivity index (χ2v) is 7.79. The Balaban J connectivity index is 0.00000176. The highest BCUT2D eigenvalue weighted by Gasteiger charge is 2.16. The van der Waals surface area contributed by atoms with E-state index in [0.29, 0.717) is 17.1 Å². The molecule has 0 unspecified atom stereocenters. The molecular weight excluding hydrogens is 468 g/mol. The normalized spacial score (nSPS) is 10.9. The molecule has 2 amide bonds. The molecule has 0 spiro atoms. The molecule has 0 saturated heterocycles. The zero-order chi connectivity index (χ0) is 23.7. The minimum Gasteiger partial charge on any atom is -0.496 e. The molecule has 0 heterocycles. The molecule has 0 bridgehead atoms. The van der Waals surface area contributed by atoms with Crippen molar-refractivity contribution in [1.82, 2.24) is 5.01 Å². The van der Waals surface area contributed by atoms with Gasteiger partial charge in [-0.05, 0) is 48.0 Å². The smallest absolute Gasteiger partial charge is 0.323 e. The van der Waals surface area contributed by atoms with Gasteiger partial charge in [-0.3, -0.25) is 5.01 Å². The number of benzene rings is 3. The van der Waals surface area contributed by atoms with Crippen molar-refractivity contribution in [2.45, 2.75) is 20.8 Å². The number of ether oxygens (including phenoxy) is 1. The predicted molar refractivity (Wildman–Crippen MR) is 140 cm³/mol. The maximum atomic E-state index is 12.6. The topological polar surface area (TPSA) is 66.0 Å². The van der Waals surface area contributed by atoms with Gasteiger partial charge in [0.1, 0.15) is 5.75 Å². The van der Waals surface area contributed by atoms with Crippen LogP contribution in [0.5, 0.6) is 5.75 Å². The number of anilines is 2. The van der Waals surface area contributed by atoms with Crippen LogP contribution in [0.15, 0.2) is 70.2 Å². The number of nitrogens with one attached hydrogen (secondary N) is 2. The molecule has 0 saturated carbocycles. The maximum Gasteiger partial charge on any atom is 0.323 e. The number of urea groups is 1. The summed E-state index contributed by atoms with van der Waals surface area (Å²) in [5.41, 5.74) is 2.88. The van der Waals surface area contributed by atoms with E-state index in [1.54, 1.807) is 31.3 Å². The molecule has 0 aliphatic carbocycles. The fourth-order valence-electron chi connectivity index (χ4n) is 3.18. The van der Waals surface area contributed by atoms with Gasteiger partial charge in [-0.1, -0.05) is 60.1 Å². The SMILES string of the molecule is C=NN(C)/C(=C(\C)Br)c1cc(NC(=O)Nc2ccc3ccccc3c2)ccc1OC.CC. The number of rotatable bonds is 6. The van der Waals surface area contributed by atoms with Crippen LogP contribution in [0, 0.1) is 0 Å². The number of halogens is 1. The summed E-state index contributed by atoms with van der Waals surface area (Å²) in [7, 11) is 3.39.